The molecule has 112 valence electrons. The number of hydrogen-bond donors (Lipinski definition) is 1. The Kier molecular flexibility index (Phi) is 5.30. The molecule has 0 aromatic rings. The van der Waals surface area contributed by atoms with Crippen molar-refractivity contribution in [1.82, 2.24) is 4.90 Å². The number of nitrogens with zero attached hydrogens (tertiary/aromatic N) is 1. The first-order valence-electron chi connectivity index (χ1n) is 8.45. The van der Waals surface area contributed by atoms with Crippen molar-refractivity contribution in [3.8, 4) is 0 Å². The van der Waals surface area contributed by atoms with Crippen LogP contribution in [0.2, 0.25) is 0 Å². The third-order valence-corrected chi connectivity index (χ3v) is 5.57. The lowest BCUT2D eigenvalue weighted by molar-refractivity contribution is -0.0538. The second-order valence-corrected chi connectivity index (χ2v) is 7.53. The SMILES string of the molecule is CC1CCCC(C(O)C(C)(C)N2CCCCCC2)C1. The third-order valence-electron chi connectivity index (χ3n) is 5.57. The molecule has 1 saturated heterocycles. The molecule has 2 fully saturated rings. The van der Waals surface area contributed by atoms with Crippen LogP contribution in [0.3, 0.4) is 0 Å². The Morgan fingerprint density at radius 1 is 1.00 bits per heavy atom. The highest BCUT2D eigenvalue weighted by molar-refractivity contribution is 4.94. The molecule has 0 amide bonds. The van der Waals surface area contributed by atoms with Crippen molar-refractivity contribution in [3.63, 3.8) is 0 Å². The van der Waals surface area contributed by atoms with E-state index in [1.807, 2.05) is 0 Å². The summed E-state index contributed by atoms with van der Waals surface area (Å²) in [7, 11) is 0. The molecule has 1 aliphatic carbocycles. The molecule has 0 radical (unpaired) electrons. The van der Waals surface area contributed by atoms with Gasteiger partial charge in [-0.05, 0) is 64.5 Å². The zero-order valence-electron chi connectivity index (χ0n) is 13.2. The normalized spacial score (nSPS) is 32.8. The number of likely N-dealkylation sites (tertiary alicyclic amines) is 1. The maximum absolute atomic E-state index is 10.9. The van der Waals surface area contributed by atoms with Gasteiger partial charge in [-0.1, -0.05) is 32.6 Å². The molecule has 2 heteroatoms. The highest BCUT2D eigenvalue weighted by atomic mass is 16.3. The minimum Gasteiger partial charge on any atom is -0.391 e. The van der Waals surface area contributed by atoms with E-state index in [2.05, 4.69) is 25.7 Å². The summed E-state index contributed by atoms with van der Waals surface area (Å²) in [6.45, 7) is 9.22. The fourth-order valence-corrected chi connectivity index (χ4v) is 4.18. The van der Waals surface area contributed by atoms with E-state index in [0.29, 0.717) is 5.92 Å². The molecule has 1 aliphatic heterocycles. The average Bonchev–Trinajstić information content (AvgIpc) is 2.67. The molecule has 2 nitrogen and oxygen atoms in total. The van der Waals surface area contributed by atoms with E-state index in [9.17, 15) is 5.11 Å². The molecule has 1 heterocycles. The predicted octanol–water partition coefficient (Wildman–Crippen LogP) is 3.83. The zero-order valence-corrected chi connectivity index (χ0v) is 13.2. The average molecular weight is 267 g/mol. The summed E-state index contributed by atoms with van der Waals surface area (Å²) < 4.78 is 0. The maximum atomic E-state index is 10.9. The summed E-state index contributed by atoms with van der Waals surface area (Å²) in [6.07, 6.45) is 10.3. The van der Waals surface area contributed by atoms with Gasteiger partial charge in [0.1, 0.15) is 0 Å². The molecular formula is C17H33NO. The van der Waals surface area contributed by atoms with Gasteiger partial charge >= 0.3 is 0 Å². The van der Waals surface area contributed by atoms with Crippen molar-refractivity contribution in [2.45, 2.75) is 83.8 Å². The Hall–Kier alpha value is -0.0800. The van der Waals surface area contributed by atoms with Crippen LogP contribution in [0.4, 0.5) is 0 Å². The number of hydrogen-bond acceptors (Lipinski definition) is 2. The molecule has 0 bridgehead atoms. The van der Waals surface area contributed by atoms with Crippen LogP contribution in [-0.2, 0) is 0 Å². The minimum atomic E-state index is -0.159. The molecule has 0 spiro atoms. The van der Waals surface area contributed by atoms with Crippen LogP contribution in [0.15, 0.2) is 0 Å². The van der Waals surface area contributed by atoms with Gasteiger partial charge in [-0.2, -0.15) is 0 Å². The highest BCUT2D eigenvalue weighted by Gasteiger charge is 2.39. The molecule has 2 aliphatic rings. The van der Waals surface area contributed by atoms with Crippen molar-refractivity contribution >= 4 is 0 Å². The standard InChI is InChI=1S/C17H33NO/c1-14-9-8-10-15(13-14)16(19)17(2,3)18-11-6-4-5-7-12-18/h14-16,19H,4-13H2,1-3H3. The number of rotatable bonds is 3. The van der Waals surface area contributed by atoms with Gasteiger partial charge < -0.3 is 5.11 Å². The van der Waals surface area contributed by atoms with Gasteiger partial charge in [0, 0.05) is 5.54 Å². The summed E-state index contributed by atoms with van der Waals surface area (Å²) in [5.41, 5.74) is -0.0495. The molecule has 0 aromatic heterocycles. The summed E-state index contributed by atoms with van der Waals surface area (Å²) in [5, 5.41) is 10.9. The van der Waals surface area contributed by atoms with Crippen LogP contribution in [0.1, 0.15) is 72.1 Å². The van der Waals surface area contributed by atoms with Gasteiger partial charge in [0.2, 0.25) is 0 Å². The van der Waals surface area contributed by atoms with E-state index in [4.69, 9.17) is 0 Å². The van der Waals surface area contributed by atoms with Crippen LogP contribution >= 0.6 is 0 Å². The van der Waals surface area contributed by atoms with Gasteiger partial charge in [0.25, 0.3) is 0 Å². The first-order chi connectivity index (χ1) is 9.01. The van der Waals surface area contributed by atoms with Crippen molar-refractivity contribution in [2.75, 3.05) is 13.1 Å². The van der Waals surface area contributed by atoms with Gasteiger partial charge in [-0.15, -0.1) is 0 Å². The summed E-state index contributed by atoms with van der Waals surface area (Å²) in [5.74, 6) is 1.32. The van der Waals surface area contributed by atoms with Crippen LogP contribution in [-0.4, -0.2) is 34.7 Å². The number of aliphatic hydroxyl groups is 1. The predicted molar refractivity (Wildman–Crippen MR) is 81.2 cm³/mol. The van der Waals surface area contributed by atoms with Crippen LogP contribution in [0.5, 0.6) is 0 Å². The lowest BCUT2D eigenvalue weighted by atomic mass is 9.74. The molecule has 3 atom stereocenters. The van der Waals surface area contributed by atoms with Gasteiger partial charge in [0.05, 0.1) is 6.10 Å². The lowest BCUT2D eigenvalue weighted by Crippen LogP contribution is -2.55. The van der Waals surface area contributed by atoms with Crippen molar-refractivity contribution in [2.24, 2.45) is 11.8 Å². The van der Waals surface area contributed by atoms with Crippen LogP contribution < -0.4 is 0 Å². The summed E-state index contributed by atoms with van der Waals surface area (Å²) in [6, 6.07) is 0. The number of aliphatic hydroxyl groups excluding tert-OH is 1. The Balaban J connectivity index is 1.99. The molecule has 2 rings (SSSR count). The Morgan fingerprint density at radius 3 is 2.21 bits per heavy atom. The molecule has 19 heavy (non-hydrogen) atoms. The van der Waals surface area contributed by atoms with Crippen molar-refractivity contribution < 1.29 is 5.11 Å². The van der Waals surface area contributed by atoms with E-state index < -0.39 is 0 Å². The minimum absolute atomic E-state index is 0.0495. The Bertz CT molecular complexity index is 268. The van der Waals surface area contributed by atoms with Gasteiger partial charge in [-0.3, -0.25) is 4.90 Å². The topological polar surface area (TPSA) is 23.5 Å². The molecule has 0 aromatic carbocycles. The summed E-state index contributed by atoms with van der Waals surface area (Å²) >= 11 is 0. The van der Waals surface area contributed by atoms with E-state index in [1.165, 1.54) is 64.5 Å². The van der Waals surface area contributed by atoms with E-state index >= 15 is 0 Å². The van der Waals surface area contributed by atoms with Crippen LogP contribution in [0, 0.1) is 11.8 Å². The lowest BCUT2D eigenvalue weighted by Gasteiger charge is -2.46. The van der Waals surface area contributed by atoms with Crippen LogP contribution in [0.25, 0.3) is 0 Å². The molecule has 3 unspecified atom stereocenters. The molecular weight excluding hydrogens is 234 g/mol. The third kappa shape index (κ3) is 3.72. The summed E-state index contributed by atoms with van der Waals surface area (Å²) in [4.78, 5) is 2.56. The highest BCUT2D eigenvalue weighted by Crippen LogP contribution is 2.36. The van der Waals surface area contributed by atoms with Crippen molar-refractivity contribution in [3.05, 3.63) is 0 Å². The zero-order chi connectivity index (χ0) is 13.9. The molecule has 1 N–H and O–H groups in total. The van der Waals surface area contributed by atoms with E-state index in [1.54, 1.807) is 0 Å². The van der Waals surface area contributed by atoms with E-state index in [0.717, 1.165) is 5.92 Å². The first kappa shape index (κ1) is 15.3. The first-order valence-corrected chi connectivity index (χ1v) is 8.45. The smallest absolute Gasteiger partial charge is 0.0746 e. The fourth-order valence-electron chi connectivity index (χ4n) is 4.18. The molecule has 1 saturated carbocycles. The monoisotopic (exact) mass is 267 g/mol. The fraction of sp³-hybridized carbons (Fsp3) is 1.00. The second-order valence-electron chi connectivity index (χ2n) is 7.53. The Labute approximate surface area is 119 Å². The maximum Gasteiger partial charge on any atom is 0.0746 e. The quantitative estimate of drug-likeness (QED) is 0.840. The second kappa shape index (κ2) is 6.58. The van der Waals surface area contributed by atoms with Crippen molar-refractivity contribution in [1.29, 1.82) is 0 Å². The van der Waals surface area contributed by atoms with E-state index in [-0.39, 0.29) is 11.6 Å². The van der Waals surface area contributed by atoms with Gasteiger partial charge in [-0.25, -0.2) is 0 Å². The van der Waals surface area contributed by atoms with Gasteiger partial charge in [0.15, 0.2) is 0 Å². The largest absolute Gasteiger partial charge is 0.391 e. The Morgan fingerprint density at radius 2 is 1.63 bits per heavy atom.